The molecule has 8 heteroatoms. The summed E-state index contributed by atoms with van der Waals surface area (Å²) in [5.41, 5.74) is 0.308. The van der Waals surface area contributed by atoms with Crippen LogP contribution >= 0.6 is 23.2 Å². The fourth-order valence-corrected chi connectivity index (χ4v) is 2.67. The van der Waals surface area contributed by atoms with Gasteiger partial charge in [0.1, 0.15) is 21.4 Å². The Kier molecular flexibility index (Phi) is 7.30. The summed E-state index contributed by atoms with van der Waals surface area (Å²) in [5.74, 6) is 0.885. The van der Waals surface area contributed by atoms with E-state index in [1.807, 2.05) is 12.1 Å². The van der Waals surface area contributed by atoms with Crippen molar-refractivity contribution in [1.29, 1.82) is 0 Å². The Hall–Kier alpha value is -2.02. The number of pyridine rings is 1. The molecule has 0 spiro atoms. The summed E-state index contributed by atoms with van der Waals surface area (Å²) in [4.78, 5) is 15.7. The van der Waals surface area contributed by atoms with Gasteiger partial charge in [-0.05, 0) is 44.9 Å². The molecule has 2 aromatic rings. The van der Waals surface area contributed by atoms with Crippen LogP contribution in [-0.4, -0.2) is 34.4 Å². The van der Waals surface area contributed by atoms with Gasteiger partial charge in [0.15, 0.2) is 5.75 Å². The molecule has 1 heterocycles. The van der Waals surface area contributed by atoms with Crippen molar-refractivity contribution < 1.29 is 19.4 Å². The number of carbonyl (C=O) groups excluding carboxylic acids is 1. The summed E-state index contributed by atoms with van der Waals surface area (Å²) in [6.45, 7) is 5.13. The molecule has 0 unspecified atom stereocenters. The Morgan fingerprint density at radius 1 is 1.19 bits per heavy atom. The van der Waals surface area contributed by atoms with Crippen molar-refractivity contribution in [3.63, 3.8) is 0 Å². The predicted octanol–water partition coefficient (Wildman–Crippen LogP) is 4.61. The van der Waals surface area contributed by atoms with Crippen molar-refractivity contribution in [3.05, 3.63) is 52.3 Å². The first-order chi connectivity index (χ1) is 12.7. The number of aromatic nitrogens is 1. The number of aliphatic hydroxyl groups excluding tert-OH is 1. The van der Waals surface area contributed by atoms with E-state index in [1.54, 1.807) is 32.9 Å². The number of benzene rings is 1. The van der Waals surface area contributed by atoms with Gasteiger partial charge in [-0.2, -0.15) is 0 Å². The third-order valence-corrected chi connectivity index (χ3v) is 3.91. The number of aliphatic hydroxyl groups is 1. The van der Waals surface area contributed by atoms with E-state index < -0.39 is 17.7 Å². The van der Waals surface area contributed by atoms with Crippen LogP contribution in [0.25, 0.3) is 0 Å². The standard InChI is InChI=1S/C19H22Cl2N2O4/c1-19(2,3)27-18(25)23-13(11-24)8-12-4-6-14(7-5-12)26-17-15(20)9-22-10-16(17)21/h4-7,9-10,13,24H,8,11H2,1-3H3,(H,23,25)/t13-/m0/s1. The molecule has 1 aromatic carbocycles. The SMILES string of the molecule is CC(C)(C)OC(=O)N[C@H](CO)Cc1ccc(Oc2c(Cl)cncc2Cl)cc1. The van der Waals surface area contributed by atoms with Crippen LogP contribution in [0, 0.1) is 0 Å². The molecule has 1 aromatic heterocycles. The molecule has 27 heavy (non-hydrogen) atoms. The van der Waals surface area contributed by atoms with Crippen LogP contribution in [0.2, 0.25) is 10.0 Å². The lowest BCUT2D eigenvalue weighted by atomic mass is 10.1. The second kappa shape index (κ2) is 9.26. The quantitative estimate of drug-likeness (QED) is 0.723. The van der Waals surface area contributed by atoms with Crippen molar-refractivity contribution in [2.24, 2.45) is 0 Å². The van der Waals surface area contributed by atoms with Crippen LogP contribution in [0.1, 0.15) is 26.3 Å². The van der Waals surface area contributed by atoms with Gasteiger partial charge in [-0.25, -0.2) is 4.79 Å². The van der Waals surface area contributed by atoms with Gasteiger partial charge in [-0.1, -0.05) is 35.3 Å². The maximum atomic E-state index is 11.8. The van der Waals surface area contributed by atoms with Crippen LogP contribution in [-0.2, 0) is 11.2 Å². The number of alkyl carbamates (subject to hydrolysis) is 1. The zero-order chi connectivity index (χ0) is 20.0. The van der Waals surface area contributed by atoms with Crippen molar-refractivity contribution in [3.8, 4) is 11.5 Å². The topological polar surface area (TPSA) is 80.7 Å². The molecule has 0 bridgehead atoms. The molecule has 0 aliphatic heterocycles. The lowest BCUT2D eigenvalue weighted by molar-refractivity contribution is 0.0483. The monoisotopic (exact) mass is 412 g/mol. The van der Waals surface area contributed by atoms with Crippen molar-refractivity contribution in [1.82, 2.24) is 10.3 Å². The molecule has 0 saturated carbocycles. The Morgan fingerprint density at radius 2 is 1.78 bits per heavy atom. The van der Waals surface area contributed by atoms with E-state index in [4.69, 9.17) is 32.7 Å². The summed E-state index contributed by atoms with van der Waals surface area (Å²) in [5, 5.41) is 12.8. The molecule has 0 saturated heterocycles. The van der Waals surface area contributed by atoms with E-state index in [2.05, 4.69) is 10.3 Å². The van der Waals surface area contributed by atoms with Gasteiger partial charge in [0.05, 0.1) is 12.6 Å². The van der Waals surface area contributed by atoms with Crippen LogP contribution in [0.15, 0.2) is 36.7 Å². The molecule has 0 radical (unpaired) electrons. The Labute approximate surface area is 168 Å². The van der Waals surface area contributed by atoms with Gasteiger partial charge in [-0.3, -0.25) is 4.98 Å². The minimum atomic E-state index is -0.599. The van der Waals surface area contributed by atoms with E-state index in [1.165, 1.54) is 12.4 Å². The zero-order valence-electron chi connectivity index (χ0n) is 15.3. The smallest absolute Gasteiger partial charge is 0.407 e. The zero-order valence-corrected chi connectivity index (χ0v) is 16.8. The van der Waals surface area contributed by atoms with Crippen LogP contribution in [0.4, 0.5) is 4.79 Å². The molecule has 0 aliphatic rings. The highest BCUT2D eigenvalue weighted by atomic mass is 35.5. The lowest BCUT2D eigenvalue weighted by Gasteiger charge is -2.22. The van der Waals surface area contributed by atoms with Gasteiger partial charge in [-0.15, -0.1) is 0 Å². The maximum Gasteiger partial charge on any atom is 0.407 e. The predicted molar refractivity (Wildman–Crippen MR) is 105 cm³/mol. The summed E-state index contributed by atoms with van der Waals surface area (Å²) >= 11 is 12.1. The molecular formula is C19H22Cl2N2O4. The third-order valence-electron chi connectivity index (χ3n) is 3.38. The fourth-order valence-electron chi connectivity index (χ4n) is 2.23. The number of ether oxygens (including phenoxy) is 2. The normalized spacial score (nSPS) is 12.4. The average molecular weight is 413 g/mol. The molecule has 6 nitrogen and oxygen atoms in total. The first-order valence-corrected chi connectivity index (χ1v) is 9.09. The van der Waals surface area contributed by atoms with E-state index in [-0.39, 0.29) is 6.61 Å². The molecule has 1 amide bonds. The molecule has 2 rings (SSSR count). The van der Waals surface area contributed by atoms with Crippen molar-refractivity contribution in [2.45, 2.75) is 38.8 Å². The Morgan fingerprint density at radius 3 is 2.30 bits per heavy atom. The van der Waals surface area contributed by atoms with Gasteiger partial charge in [0, 0.05) is 12.4 Å². The second-order valence-electron chi connectivity index (χ2n) is 6.91. The van der Waals surface area contributed by atoms with E-state index >= 15 is 0 Å². The largest absolute Gasteiger partial charge is 0.454 e. The molecule has 2 N–H and O–H groups in total. The van der Waals surface area contributed by atoms with Crippen LogP contribution in [0.3, 0.4) is 0 Å². The summed E-state index contributed by atoms with van der Waals surface area (Å²) < 4.78 is 10.9. The third kappa shape index (κ3) is 6.90. The number of hydrogen-bond acceptors (Lipinski definition) is 5. The number of amides is 1. The lowest BCUT2D eigenvalue weighted by Crippen LogP contribution is -2.42. The van der Waals surface area contributed by atoms with Crippen LogP contribution in [0.5, 0.6) is 11.5 Å². The fraction of sp³-hybridized carbons (Fsp3) is 0.368. The number of rotatable bonds is 6. The number of halogens is 2. The highest BCUT2D eigenvalue weighted by molar-refractivity contribution is 6.36. The summed E-state index contributed by atoms with van der Waals surface area (Å²) in [6, 6.07) is 6.71. The van der Waals surface area contributed by atoms with Gasteiger partial charge >= 0.3 is 6.09 Å². The van der Waals surface area contributed by atoms with Gasteiger partial charge in [0.2, 0.25) is 0 Å². The van der Waals surface area contributed by atoms with Gasteiger partial charge in [0.25, 0.3) is 0 Å². The highest BCUT2D eigenvalue weighted by Gasteiger charge is 2.19. The minimum absolute atomic E-state index is 0.209. The molecule has 146 valence electrons. The Balaban J connectivity index is 1.98. The number of nitrogens with one attached hydrogen (secondary N) is 1. The van der Waals surface area contributed by atoms with E-state index in [9.17, 15) is 9.90 Å². The van der Waals surface area contributed by atoms with Crippen LogP contribution < -0.4 is 10.1 Å². The Bertz CT molecular complexity index is 756. The first-order valence-electron chi connectivity index (χ1n) is 8.34. The first kappa shape index (κ1) is 21.3. The molecule has 1 atom stereocenters. The second-order valence-corrected chi connectivity index (χ2v) is 7.72. The van der Waals surface area contributed by atoms with E-state index in [0.29, 0.717) is 28.0 Å². The van der Waals surface area contributed by atoms with Crippen molar-refractivity contribution >= 4 is 29.3 Å². The number of hydrogen-bond donors (Lipinski definition) is 2. The van der Waals surface area contributed by atoms with Crippen molar-refractivity contribution in [2.75, 3.05) is 6.61 Å². The molecular weight excluding hydrogens is 391 g/mol. The highest BCUT2D eigenvalue weighted by Crippen LogP contribution is 2.35. The summed E-state index contributed by atoms with van der Waals surface area (Å²) in [6.07, 6.45) is 2.77. The van der Waals surface area contributed by atoms with Gasteiger partial charge < -0.3 is 19.9 Å². The minimum Gasteiger partial charge on any atom is -0.454 e. The molecule has 0 fully saturated rings. The maximum absolute atomic E-state index is 11.8. The summed E-state index contributed by atoms with van der Waals surface area (Å²) in [7, 11) is 0. The average Bonchev–Trinajstić information content (AvgIpc) is 2.57. The van der Waals surface area contributed by atoms with E-state index in [0.717, 1.165) is 5.56 Å². The molecule has 0 aliphatic carbocycles. The number of carbonyl (C=O) groups is 1. The number of nitrogens with zero attached hydrogens (tertiary/aromatic N) is 1.